The van der Waals surface area contributed by atoms with Gasteiger partial charge in [-0.2, -0.15) is 0 Å². The summed E-state index contributed by atoms with van der Waals surface area (Å²) in [5, 5.41) is 3.76. The Balaban J connectivity index is 2.22. The second kappa shape index (κ2) is 11.9. The van der Waals surface area contributed by atoms with Crippen molar-refractivity contribution in [3.8, 4) is 5.75 Å². The van der Waals surface area contributed by atoms with Gasteiger partial charge in [-0.25, -0.2) is 0 Å². The highest BCUT2D eigenvalue weighted by Gasteiger charge is 2.27. The summed E-state index contributed by atoms with van der Waals surface area (Å²) in [5.74, 6) is 0.0759. The summed E-state index contributed by atoms with van der Waals surface area (Å²) in [7, 11) is 0. The van der Waals surface area contributed by atoms with Crippen molar-refractivity contribution in [2.45, 2.75) is 59.7 Å². The van der Waals surface area contributed by atoms with Crippen molar-refractivity contribution < 1.29 is 14.3 Å². The fourth-order valence-corrected chi connectivity index (χ4v) is 3.65. The molecule has 2 aromatic carbocycles. The Hall–Kier alpha value is -1.76. The number of carbonyl (C=O) groups is 2. The number of hydrogen-bond acceptors (Lipinski definition) is 3. The van der Waals surface area contributed by atoms with E-state index in [1.807, 2.05) is 39.8 Å². The van der Waals surface area contributed by atoms with Gasteiger partial charge in [-0.15, -0.1) is 0 Å². The molecule has 0 bridgehead atoms. The van der Waals surface area contributed by atoms with Crippen LogP contribution in [0.4, 0.5) is 0 Å². The minimum atomic E-state index is -0.692. The molecule has 2 rings (SSSR count). The first kappa shape index (κ1) is 26.5. The third-order valence-electron chi connectivity index (χ3n) is 5.28. The largest absolute Gasteiger partial charge is 0.484 e. The average molecular weight is 544 g/mol. The van der Waals surface area contributed by atoms with Gasteiger partial charge >= 0.3 is 0 Å². The van der Waals surface area contributed by atoms with E-state index in [-0.39, 0.29) is 31.0 Å². The molecule has 8 heteroatoms. The second-order valence-electron chi connectivity index (χ2n) is 7.92. The van der Waals surface area contributed by atoms with Crippen molar-refractivity contribution in [2.24, 2.45) is 0 Å². The molecular weight excluding hydrogens is 515 g/mol. The number of hydrogen-bond donors (Lipinski definition) is 1. The number of carbonyl (C=O) groups excluding carboxylic acids is 2. The summed E-state index contributed by atoms with van der Waals surface area (Å²) in [6.07, 6.45) is 0.796. The normalized spacial score (nSPS) is 12.8. The van der Waals surface area contributed by atoms with Gasteiger partial charge in [0.15, 0.2) is 6.61 Å². The van der Waals surface area contributed by atoms with Crippen LogP contribution in [0, 0.1) is 13.8 Å². The van der Waals surface area contributed by atoms with Gasteiger partial charge in [-0.3, -0.25) is 9.59 Å². The first-order valence-corrected chi connectivity index (χ1v) is 12.0. The van der Waals surface area contributed by atoms with Crippen molar-refractivity contribution >= 4 is 50.9 Å². The highest BCUT2D eigenvalue weighted by molar-refractivity contribution is 9.10. The van der Waals surface area contributed by atoms with Gasteiger partial charge in [0.1, 0.15) is 11.8 Å². The third-order valence-corrected chi connectivity index (χ3v) is 7.27. The van der Waals surface area contributed by atoms with Crippen LogP contribution >= 0.6 is 39.1 Å². The molecule has 2 amide bonds. The van der Waals surface area contributed by atoms with E-state index in [4.69, 9.17) is 27.9 Å². The summed E-state index contributed by atoms with van der Waals surface area (Å²) in [6.45, 7) is 9.56. The summed E-state index contributed by atoms with van der Waals surface area (Å²) in [5.41, 5.74) is 2.80. The van der Waals surface area contributed by atoms with Crippen LogP contribution in [0.1, 0.15) is 43.9 Å². The highest BCUT2D eigenvalue weighted by Crippen LogP contribution is 2.27. The van der Waals surface area contributed by atoms with Gasteiger partial charge in [0.2, 0.25) is 5.91 Å². The molecule has 0 spiro atoms. The molecule has 0 fully saturated rings. The van der Waals surface area contributed by atoms with Gasteiger partial charge in [0.05, 0.1) is 10.0 Å². The van der Waals surface area contributed by atoms with Crippen molar-refractivity contribution in [2.75, 3.05) is 6.61 Å². The van der Waals surface area contributed by atoms with Gasteiger partial charge in [0.25, 0.3) is 5.91 Å². The number of halogens is 3. The fourth-order valence-electron chi connectivity index (χ4n) is 3.10. The summed E-state index contributed by atoms with van der Waals surface area (Å²) in [4.78, 5) is 27.4. The van der Waals surface area contributed by atoms with Gasteiger partial charge < -0.3 is 15.0 Å². The Morgan fingerprint density at radius 2 is 1.72 bits per heavy atom. The number of ether oxygens (including phenoxy) is 1. The van der Waals surface area contributed by atoms with Crippen LogP contribution in [0.25, 0.3) is 0 Å². The molecule has 0 saturated heterocycles. The maximum Gasteiger partial charge on any atom is 0.261 e. The van der Waals surface area contributed by atoms with E-state index in [1.54, 1.807) is 25.1 Å². The zero-order valence-electron chi connectivity index (χ0n) is 19.0. The predicted molar refractivity (Wildman–Crippen MR) is 133 cm³/mol. The van der Waals surface area contributed by atoms with Crippen LogP contribution < -0.4 is 10.1 Å². The topological polar surface area (TPSA) is 58.6 Å². The molecule has 0 aliphatic heterocycles. The molecule has 0 aromatic heterocycles. The molecule has 0 saturated carbocycles. The molecule has 0 radical (unpaired) electrons. The summed E-state index contributed by atoms with van der Waals surface area (Å²) in [6, 6.07) is 8.22. The molecule has 32 heavy (non-hydrogen) atoms. The highest BCUT2D eigenvalue weighted by atomic mass is 79.9. The smallest absolute Gasteiger partial charge is 0.261 e. The Morgan fingerprint density at radius 3 is 2.28 bits per heavy atom. The molecule has 0 aliphatic rings. The van der Waals surface area contributed by atoms with Crippen molar-refractivity contribution in [1.29, 1.82) is 0 Å². The lowest BCUT2D eigenvalue weighted by atomic mass is 10.1. The molecule has 2 aromatic rings. The standard InChI is InChI=1S/C24H29BrCl2N2O3/c1-6-16(4)28-24(31)17(5)29(12-18-7-8-20(26)21(27)11-18)22(30)13-32-19-9-14(2)23(25)15(3)10-19/h7-11,16-17H,6,12-13H2,1-5H3,(H,28,31)/t16-,17-/m1/s1. The van der Waals surface area contributed by atoms with Crippen LogP contribution in [-0.4, -0.2) is 35.4 Å². The maximum atomic E-state index is 13.2. The van der Waals surface area contributed by atoms with Crippen LogP contribution in [0.3, 0.4) is 0 Å². The van der Waals surface area contributed by atoms with Gasteiger partial charge in [0, 0.05) is 17.1 Å². The SMILES string of the molecule is CC[C@@H](C)NC(=O)[C@@H](C)N(Cc1ccc(Cl)c(Cl)c1)C(=O)COc1cc(C)c(Br)c(C)c1. The van der Waals surface area contributed by atoms with Crippen LogP contribution in [0.5, 0.6) is 5.75 Å². The minimum absolute atomic E-state index is 0.0110. The molecule has 0 aliphatic carbocycles. The number of amides is 2. The Labute approximate surface area is 208 Å². The number of benzene rings is 2. The lowest BCUT2D eigenvalue weighted by Gasteiger charge is -2.29. The quantitative estimate of drug-likeness (QED) is 0.416. The van der Waals surface area contributed by atoms with Crippen LogP contribution in [0.15, 0.2) is 34.8 Å². The predicted octanol–water partition coefficient (Wildman–Crippen LogP) is 6.08. The van der Waals surface area contributed by atoms with E-state index in [9.17, 15) is 9.59 Å². The lowest BCUT2D eigenvalue weighted by molar-refractivity contribution is -0.142. The first-order valence-electron chi connectivity index (χ1n) is 10.5. The Bertz CT molecular complexity index is 961. The zero-order valence-corrected chi connectivity index (χ0v) is 22.1. The van der Waals surface area contributed by atoms with Crippen molar-refractivity contribution in [3.05, 3.63) is 61.5 Å². The third kappa shape index (κ3) is 7.12. The molecule has 0 unspecified atom stereocenters. The molecule has 2 atom stereocenters. The molecule has 174 valence electrons. The van der Waals surface area contributed by atoms with Gasteiger partial charge in [-0.1, -0.05) is 52.1 Å². The molecule has 0 heterocycles. The summed E-state index contributed by atoms with van der Waals surface area (Å²) >= 11 is 15.7. The first-order chi connectivity index (χ1) is 15.0. The fraction of sp³-hybridized carbons (Fsp3) is 0.417. The number of aryl methyl sites for hydroxylation is 2. The van der Waals surface area contributed by atoms with E-state index in [1.165, 1.54) is 4.90 Å². The molecule has 1 N–H and O–H groups in total. The lowest BCUT2D eigenvalue weighted by Crippen LogP contribution is -2.50. The number of rotatable bonds is 9. The van der Waals surface area contributed by atoms with E-state index >= 15 is 0 Å². The van der Waals surface area contributed by atoms with E-state index in [2.05, 4.69) is 21.2 Å². The Morgan fingerprint density at radius 1 is 1.09 bits per heavy atom. The zero-order chi connectivity index (χ0) is 24.0. The average Bonchev–Trinajstić information content (AvgIpc) is 2.75. The second-order valence-corrected chi connectivity index (χ2v) is 9.53. The summed E-state index contributed by atoms with van der Waals surface area (Å²) < 4.78 is 6.79. The molecular formula is C24H29BrCl2N2O3. The van der Waals surface area contributed by atoms with E-state index in [0.717, 1.165) is 27.6 Å². The van der Waals surface area contributed by atoms with E-state index < -0.39 is 6.04 Å². The van der Waals surface area contributed by atoms with Crippen LogP contribution in [0.2, 0.25) is 10.0 Å². The van der Waals surface area contributed by atoms with Crippen LogP contribution in [-0.2, 0) is 16.1 Å². The maximum absolute atomic E-state index is 13.2. The minimum Gasteiger partial charge on any atom is -0.484 e. The molecule has 5 nitrogen and oxygen atoms in total. The van der Waals surface area contributed by atoms with Crippen molar-refractivity contribution in [1.82, 2.24) is 10.2 Å². The number of nitrogens with one attached hydrogen (secondary N) is 1. The Kier molecular flexibility index (Phi) is 9.86. The number of nitrogens with zero attached hydrogens (tertiary/aromatic N) is 1. The van der Waals surface area contributed by atoms with Crippen molar-refractivity contribution in [3.63, 3.8) is 0 Å². The van der Waals surface area contributed by atoms with E-state index in [0.29, 0.717) is 15.8 Å². The van der Waals surface area contributed by atoms with Gasteiger partial charge in [-0.05, 0) is 75.1 Å². The monoisotopic (exact) mass is 542 g/mol.